The largest absolute Gasteiger partial charge is 0.465 e. The molecule has 23 heavy (non-hydrogen) atoms. The number of amides is 1. The van der Waals surface area contributed by atoms with Crippen LogP contribution in [0.2, 0.25) is 0 Å². The molecule has 126 valence electrons. The standard InChI is InChI=1S/C17H25N3O3/c1-12-8-6-9-13(15(21)23-5)14(12)19-16(22)17(10-7-11-17)20(3,4)18-2/h6,8-9H,7,10-11H2,1-5H3,(H,19,22). The summed E-state index contributed by atoms with van der Waals surface area (Å²) in [6.45, 7) is 1.86. The molecule has 0 spiro atoms. The third kappa shape index (κ3) is 2.84. The number of esters is 1. The van der Waals surface area contributed by atoms with E-state index in [1.807, 2.05) is 27.1 Å². The first-order valence-electron chi connectivity index (χ1n) is 7.74. The first-order chi connectivity index (χ1) is 10.8. The lowest BCUT2D eigenvalue weighted by Crippen LogP contribution is -2.67. The van der Waals surface area contributed by atoms with Gasteiger partial charge in [0, 0.05) is 12.8 Å². The Morgan fingerprint density at radius 1 is 1.30 bits per heavy atom. The maximum Gasteiger partial charge on any atom is 0.339 e. The third-order valence-electron chi connectivity index (χ3n) is 5.07. The molecule has 0 saturated heterocycles. The van der Waals surface area contributed by atoms with Crippen molar-refractivity contribution in [1.29, 1.82) is 0 Å². The minimum Gasteiger partial charge on any atom is -0.465 e. The number of para-hydroxylation sites is 1. The summed E-state index contributed by atoms with van der Waals surface area (Å²) in [5.74, 6) is -0.556. The van der Waals surface area contributed by atoms with Gasteiger partial charge in [0.2, 0.25) is 0 Å². The fourth-order valence-corrected chi connectivity index (χ4v) is 3.07. The van der Waals surface area contributed by atoms with Crippen molar-refractivity contribution >= 4 is 17.6 Å². The normalized spacial score (nSPS) is 16.4. The molecule has 1 aromatic rings. The van der Waals surface area contributed by atoms with Crippen molar-refractivity contribution < 1.29 is 18.9 Å². The molecular weight excluding hydrogens is 294 g/mol. The maximum atomic E-state index is 13.0. The summed E-state index contributed by atoms with van der Waals surface area (Å²) >= 11 is 0. The summed E-state index contributed by atoms with van der Waals surface area (Å²) in [5.41, 5.74) is 5.50. The molecule has 0 aliphatic heterocycles. The number of anilines is 1. The summed E-state index contributed by atoms with van der Waals surface area (Å²) < 4.78 is 5.09. The van der Waals surface area contributed by atoms with E-state index in [9.17, 15) is 9.59 Å². The number of carbonyl (C=O) groups is 2. The van der Waals surface area contributed by atoms with E-state index in [1.54, 1.807) is 19.2 Å². The Bertz CT molecular complexity index is 622. The number of benzene rings is 1. The smallest absolute Gasteiger partial charge is 0.339 e. The van der Waals surface area contributed by atoms with E-state index in [0.717, 1.165) is 24.8 Å². The van der Waals surface area contributed by atoms with Gasteiger partial charge >= 0.3 is 5.97 Å². The number of aryl methyl sites for hydroxylation is 1. The number of ether oxygens (including phenoxy) is 1. The second-order valence-corrected chi connectivity index (χ2v) is 6.42. The number of quaternary nitrogens is 1. The number of hydrogen-bond donors (Lipinski definition) is 1. The molecular formula is C17H25N3O3. The number of rotatable bonds is 5. The van der Waals surface area contributed by atoms with Gasteiger partial charge in [-0.2, -0.15) is 0 Å². The predicted molar refractivity (Wildman–Crippen MR) is 89.1 cm³/mol. The quantitative estimate of drug-likeness (QED) is 0.515. The van der Waals surface area contributed by atoms with Crippen molar-refractivity contribution in [3.05, 3.63) is 34.8 Å². The highest BCUT2D eigenvalue weighted by Crippen LogP contribution is 2.43. The van der Waals surface area contributed by atoms with Gasteiger partial charge in [-0.25, -0.2) is 4.79 Å². The van der Waals surface area contributed by atoms with E-state index >= 15 is 0 Å². The fraction of sp³-hybridized carbons (Fsp3) is 0.529. The number of hydrogen-bond acceptors (Lipinski definition) is 3. The van der Waals surface area contributed by atoms with Crippen LogP contribution in [0.15, 0.2) is 18.2 Å². The van der Waals surface area contributed by atoms with Crippen LogP contribution in [0.3, 0.4) is 0 Å². The molecule has 6 nitrogen and oxygen atoms in total. The topological polar surface area (TPSA) is 69.5 Å². The molecule has 1 fully saturated rings. The molecule has 1 aromatic carbocycles. The zero-order chi connectivity index (χ0) is 17.3. The first kappa shape index (κ1) is 17.4. The van der Waals surface area contributed by atoms with Gasteiger partial charge in [0.05, 0.1) is 32.5 Å². The summed E-state index contributed by atoms with van der Waals surface area (Å²) in [6.07, 6.45) is 2.56. The van der Waals surface area contributed by atoms with Crippen molar-refractivity contribution in [1.82, 2.24) is 0 Å². The minimum atomic E-state index is -0.579. The average molecular weight is 319 g/mol. The molecule has 1 aliphatic carbocycles. The summed E-state index contributed by atoms with van der Waals surface area (Å²) in [4.78, 5) is 25.0. The SMILES string of the molecule is C[N-][N+](C)(C)C1(C(=O)Nc2c(C)cccc2C(=O)OC)CCC1. The van der Waals surface area contributed by atoms with Gasteiger partial charge in [-0.3, -0.25) is 4.79 Å². The molecule has 6 heteroatoms. The number of nitrogens with zero attached hydrogens (tertiary/aromatic N) is 2. The summed E-state index contributed by atoms with van der Waals surface area (Å²) in [5, 5.41) is 2.96. The Kier molecular flexibility index (Phi) is 4.77. The highest BCUT2D eigenvalue weighted by atomic mass is 16.5. The van der Waals surface area contributed by atoms with Crippen LogP contribution in [-0.2, 0) is 9.53 Å². The van der Waals surface area contributed by atoms with Gasteiger partial charge in [-0.1, -0.05) is 12.1 Å². The Morgan fingerprint density at radius 2 is 1.96 bits per heavy atom. The van der Waals surface area contributed by atoms with Gasteiger partial charge in [0.15, 0.2) is 5.54 Å². The monoisotopic (exact) mass is 319 g/mol. The number of methoxy groups -OCH3 is 1. The minimum absolute atomic E-state index is 0.0983. The van der Waals surface area contributed by atoms with Crippen molar-refractivity contribution in [3.8, 4) is 0 Å². The Hall–Kier alpha value is -1.92. The van der Waals surface area contributed by atoms with Crippen LogP contribution in [-0.4, -0.2) is 50.3 Å². The van der Waals surface area contributed by atoms with Gasteiger partial charge in [0.25, 0.3) is 5.91 Å². The van der Waals surface area contributed by atoms with E-state index < -0.39 is 11.5 Å². The van der Waals surface area contributed by atoms with Crippen LogP contribution in [0.1, 0.15) is 35.2 Å². The van der Waals surface area contributed by atoms with Gasteiger partial charge < -0.3 is 20.1 Å². The van der Waals surface area contributed by atoms with Gasteiger partial charge in [-0.05, 0) is 25.0 Å². The molecule has 0 bridgehead atoms. The predicted octanol–water partition coefficient (Wildman–Crippen LogP) is 2.64. The van der Waals surface area contributed by atoms with Crippen LogP contribution < -0.4 is 5.32 Å². The van der Waals surface area contributed by atoms with Crippen LogP contribution in [0, 0.1) is 6.92 Å². The highest BCUT2D eigenvalue weighted by Gasteiger charge is 2.53. The average Bonchev–Trinajstić information content (AvgIpc) is 2.47. The van der Waals surface area contributed by atoms with Crippen molar-refractivity contribution in [2.24, 2.45) is 0 Å². The second-order valence-electron chi connectivity index (χ2n) is 6.42. The Balaban J connectivity index is 2.36. The zero-order valence-corrected chi connectivity index (χ0v) is 14.5. The van der Waals surface area contributed by atoms with Crippen LogP contribution in [0.5, 0.6) is 0 Å². The lowest BCUT2D eigenvalue weighted by atomic mass is 9.74. The number of likely N-dealkylation sites (N-methyl/N-ethyl adjacent to an activating group) is 1. The first-order valence-corrected chi connectivity index (χ1v) is 7.74. The molecule has 0 atom stereocenters. The highest BCUT2D eigenvalue weighted by molar-refractivity contribution is 6.05. The fourth-order valence-electron chi connectivity index (χ4n) is 3.07. The molecule has 1 saturated carbocycles. The Morgan fingerprint density at radius 3 is 2.43 bits per heavy atom. The van der Waals surface area contributed by atoms with E-state index in [4.69, 9.17) is 4.74 Å². The summed E-state index contributed by atoms with van der Waals surface area (Å²) in [7, 11) is 6.91. The number of nitrogens with one attached hydrogen (secondary N) is 1. The second kappa shape index (κ2) is 6.29. The Labute approximate surface area is 137 Å². The van der Waals surface area contributed by atoms with Crippen molar-refractivity contribution in [2.45, 2.75) is 31.7 Å². The van der Waals surface area contributed by atoms with Gasteiger partial charge in [0.1, 0.15) is 0 Å². The molecule has 0 aromatic heterocycles. The molecule has 1 aliphatic rings. The van der Waals surface area contributed by atoms with Crippen LogP contribution in [0.25, 0.3) is 5.43 Å². The zero-order valence-electron chi connectivity index (χ0n) is 14.5. The number of carbonyl (C=O) groups excluding carboxylic acids is 2. The molecule has 0 radical (unpaired) electrons. The summed E-state index contributed by atoms with van der Waals surface area (Å²) in [6, 6.07) is 5.30. The third-order valence-corrected chi connectivity index (χ3v) is 5.07. The maximum absolute atomic E-state index is 13.0. The van der Waals surface area contributed by atoms with E-state index in [1.165, 1.54) is 7.11 Å². The van der Waals surface area contributed by atoms with Crippen molar-refractivity contribution in [3.63, 3.8) is 0 Å². The van der Waals surface area contributed by atoms with E-state index in [2.05, 4.69) is 10.7 Å². The molecule has 2 rings (SSSR count). The van der Waals surface area contributed by atoms with E-state index in [0.29, 0.717) is 11.3 Å². The molecule has 1 amide bonds. The molecule has 0 unspecified atom stereocenters. The van der Waals surface area contributed by atoms with Crippen LogP contribution >= 0.6 is 0 Å². The molecule has 1 N–H and O–H groups in total. The molecule has 0 heterocycles. The van der Waals surface area contributed by atoms with E-state index in [-0.39, 0.29) is 10.5 Å². The van der Waals surface area contributed by atoms with Crippen LogP contribution in [0.4, 0.5) is 5.69 Å². The lowest BCUT2D eigenvalue weighted by molar-refractivity contribution is -0.903. The van der Waals surface area contributed by atoms with Crippen molar-refractivity contribution in [2.75, 3.05) is 33.6 Å². The van der Waals surface area contributed by atoms with Gasteiger partial charge in [-0.15, -0.1) is 7.05 Å². The lowest BCUT2D eigenvalue weighted by Gasteiger charge is -2.58.